The molecule has 0 aliphatic carbocycles. The Labute approximate surface area is 208 Å². The van der Waals surface area contributed by atoms with Crippen molar-refractivity contribution in [1.82, 2.24) is 4.98 Å². The van der Waals surface area contributed by atoms with Crippen molar-refractivity contribution in [2.45, 2.75) is 64.0 Å². The van der Waals surface area contributed by atoms with Crippen LogP contribution >= 0.6 is 0 Å². The minimum Gasteiger partial charge on any atom is -0.466 e. The predicted octanol–water partition coefficient (Wildman–Crippen LogP) is 5.03. The van der Waals surface area contributed by atoms with Gasteiger partial charge in [-0.15, -0.1) is 0 Å². The van der Waals surface area contributed by atoms with Gasteiger partial charge < -0.3 is 19.4 Å². The Hall–Kier alpha value is -2.83. The highest BCUT2D eigenvalue weighted by atomic mass is 19.1. The van der Waals surface area contributed by atoms with Crippen molar-refractivity contribution >= 4 is 23.2 Å². The standard InChI is InChI=1S/C28H37FN4O2/c1-2-35-28(34)9-8-21-11-16-31(17-12-21)23-10-14-30-27(20-23)33-18-13-26-25(33)7-4-15-32(26)24-6-3-5-22(29)19-24/h3,5-6,10,14,19-21,25-26H,2,4,7-9,11-13,15-18H2,1H3/t25-,26-/m1/s1. The first-order valence-corrected chi connectivity index (χ1v) is 13.3. The van der Waals surface area contributed by atoms with Gasteiger partial charge in [-0.3, -0.25) is 4.79 Å². The van der Waals surface area contributed by atoms with Crippen LogP contribution in [0.2, 0.25) is 0 Å². The second-order valence-corrected chi connectivity index (χ2v) is 10.1. The molecular weight excluding hydrogens is 443 g/mol. The fourth-order valence-corrected chi connectivity index (χ4v) is 6.24. The fourth-order valence-electron chi connectivity index (χ4n) is 6.24. The van der Waals surface area contributed by atoms with Gasteiger partial charge in [-0.2, -0.15) is 0 Å². The average molecular weight is 481 g/mol. The quantitative estimate of drug-likeness (QED) is 0.518. The van der Waals surface area contributed by atoms with Crippen LogP contribution in [0.5, 0.6) is 0 Å². The molecule has 0 saturated carbocycles. The number of piperidine rings is 2. The summed E-state index contributed by atoms with van der Waals surface area (Å²) in [6, 6.07) is 12.2. The van der Waals surface area contributed by atoms with E-state index in [1.54, 1.807) is 6.07 Å². The van der Waals surface area contributed by atoms with Crippen LogP contribution in [-0.4, -0.2) is 55.8 Å². The highest BCUT2D eigenvalue weighted by molar-refractivity contribution is 5.69. The summed E-state index contributed by atoms with van der Waals surface area (Å²) in [6.45, 7) is 6.30. The molecule has 35 heavy (non-hydrogen) atoms. The van der Waals surface area contributed by atoms with E-state index in [1.165, 1.54) is 11.8 Å². The number of benzene rings is 1. The van der Waals surface area contributed by atoms with E-state index >= 15 is 0 Å². The molecule has 3 saturated heterocycles. The average Bonchev–Trinajstić information content (AvgIpc) is 3.32. The van der Waals surface area contributed by atoms with Gasteiger partial charge >= 0.3 is 5.97 Å². The molecule has 3 aliphatic rings. The van der Waals surface area contributed by atoms with E-state index in [0.717, 1.165) is 76.2 Å². The molecule has 0 amide bonds. The number of esters is 1. The minimum atomic E-state index is -0.168. The molecule has 188 valence electrons. The van der Waals surface area contributed by atoms with Crippen molar-refractivity contribution in [3.63, 3.8) is 0 Å². The van der Waals surface area contributed by atoms with Crippen molar-refractivity contribution in [2.75, 3.05) is 47.5 Å². The number of nitrogens with zero attached hydrogens (tertiary/aromatic N) is 4. The molecule has 7 heteroatoms. The Kier molecular flexibility index (Phi) is 7.40. The highest BCUT2D eigenvalue weighted by Gasteiger charge is 2.41. The topological polar surface area (TPSA) is 48.9 Å². The molecule has 0 radical (unpaired) electrons. The highest BCUT2D eigenvalue weighted by Crippen LogP contribution is 2.37. The molecule has 0 N–H and O–H groups in total. The molecule has 1 aromatic heterocycles. The Bertz CT molecular complexity index is 1010. The van der Waals surface area contributed by atoms with E-state index < -0.39 is 0 Å². The molecule has 6 nitrogen and oxygen atoms in total. The normalized spacial score (nSPS) is 22.9. The Morgan fingerprint density at radius 3 is 2.63 bits per heavy atom. The number of ether oxygens (including phenoxy) is 1. The van der Waals surface area contributed by atoms with Crippen molar-refractivity contribution in [2.24, 2.45) is 5.92 Å². The van der Waals surface area contributed by atoms with E-state index in [4.69, 9.17) is 9.72 Å². The first kappa shape index (κ1) is 23.9. The maximum Gasteiger partial charge on any atom is 0.305 e. The number of fused-ring (bicyclic) bond motifs is 1. The van der Waals surface area contributed by atoms with E-state index in [9.17, 15) is 9.18 Å². The lowest BCUT2D eigenvalue weighted by molar-refractivity contribution is -0.143. The monoisotopic (exact) mass is 480 g/mol. The van der Waals surface area contributed by atoms with E-state index in [2.05, 4.69) is 26.8 Å². The number of carbonyl (C=O) groups is 1. The fraction of sp³-hybridized carbons (Fsp3) is 0.571. The van der Waals surface area contributed by atoms with Crippen LogP contribution in [0.1, 0.15) is 51.9 Å². The third-order valence-electron chi connectivity index (χ3n) is 8.01. The van der Waals surface area contributed by atoms with Gasteiger partial charge in [-0.1, -0.05) is 6.07 Å². The van der Waals surface area contributed by atoms with Gasteiger partial charge in [-0.25, -0.2) is 9.37 Å². The minimum absolute atomic E-state index is 0.0729. The molecule has 3 aliphatic heterocycles. The van der Waals surface area contributed by atoms with Gasteiger partial charge in [0.15, 0.2) is 0 Å². The maximum absolute atomic E-state index is 13.9. The molecule has 2 atom stereocenters. The molecule has 0 unspecified atom stereocenters. The number of hydrogen-bond acceptors (Lipinski definition) is 6. The summed E-state index contributed by atoms with van der Waals surface area (Å²) >= 11 is 0. The summed E-state index contributed by atoms with van der Waals surface area (Å²) in [4.78, 5) is 23.8. The number of halogens is 1. The van der Waals surface area contributed by atoms with E-state index in [1.807, 2.05) is 25.3 Å². The lowest BCUT2D eigenvalue weighted by Gasteiger charge is -2.41. The van der Waals surface area contributed by atoms with Crippen molar-refractivity contribution < 1.29 is 13.9 Å². The molecule has 0 bridgehead atoms. The summed E-state index contributed by atoms with van der Waals surface area (Å²) in [5, 5.41) is 0. The van der Waals surface area contributed by atoms with Crippen molar-refractivity contribution in [3.05, 3.63) is 48.4 Å². The summed E-state index contributed by atoms with van der Waals surface area (Å²) in [5.74, 6) is 1.41. The number of hydrogen-bond donors (Lipinski definition) is 0. The second-order valence-electron chi connectivity index (χ2n) is 10.1. The van der Waals surface area contributed by atoms with Gasteiger partial charge in [0.05, 0.1) is 18.7 Å². The molecule has 3 fully saturated rings. The van der Waals surface area contributed by atoms with Crippen LogP contribution < -0.4 is 14.7 Å². The molecule has 0 spiro atoms. The number of anilines is 3. The first-order chi connectivity index (χ1) is 17.1. The Balaban J connectivity index is 1.22. The summed E-state index contributed by atoms with van der Waals surface area (Å²) < 4.78 is 19.0. The summed E-state index contributed by atoms with van der Waals surface area (Å²) in [7, 11) is 0. The SMILES string of the molecule is CCOC(=O)CCC1CCN(c2ccnc(N3CC[C@@H]4[C@H]3CCCN4c3cccc(F)c3)c2)CC1. The van der Waals surface area contributed by atoms with E-state index in [-0.39, 0.29) is 11.8 Å². The van der Waals surface area contributed by atoms with Crippen LogP contribution in [0.3, 0.4) is 0 Å². The first-order valence-electron chi connectivity index (χ1n) is 13.3. The molecule has 1 aromatic carbocycles. The Morgan fingerprint density at radius 2 is 1.83 bits per heavy atom. The third-order valence-corrected chi connectivity index (χ3v) is 8.01. The molecular formula is C28H37FN4O2. The maximum atomic E-state index is 13.9. The smallest absolute Gasteiger partial charge is 0.305 e. The number of carbonyl (C=O) groups excluding carboxylic acids is 1. The molecule has 5 rings (SSSR count). The van der Waals surface area contributed by atoms with Crippen LogP contribution in [0.15, 0.2) is 42.6 Å². The van der Waals surface area contributed by atoms with Crippen molar-refractivity contribution in [3.8, 4) is 0 Å². The van der Waals surface area contributed by atoms with Crippen molar-refractivity contribution in [1.29, 1.82) is 0 Å². The number of aromatic nitrogens is 1. The number of rotatable bonds is 7. The summed E-state index contributed by atoms with van der Waals surface area (Å²) in [5.41, 5.74) is 2.23. The van der Waals surface area contributed by atoms with Crippen LogP contribution in [-0.2, 0) is 9.53 Å². The zero-order valence-electron chi connectivity index (χ0n) is 20.7. The van der Waals surface area contributed by atoms with E-state index in [0.29, 0.717) is 31.0 Å². The van der Waals surface area contributed by atoms with Crippen LogP contribution in [0.4, 0.5) is 21.6 Å². The predicted molar refractivity (Wildman–Crippen MR) is 138 cm³/mol. The third kappa shape index (κ3) is 5.39. The summed E-state index contributed by atoms with van der Waals surface area (Å²) in [6.07, 6.45) is 8.93. The molecule has 4 heterocycles. The lowest BCUT2D eigenvalue weighted by Crippen LogP contribution is -2.50. The number of pyridine rings is 1. The molecule has 2 aromatic rings. The largest absolute Gasteiger partial charge is 0.466 e. The van der Waals surface area contributed by atoms with Gasteiger partial charge in [0, 0.05) is 56.2 Å². The Morgan fingerprint density at radius 1 is 1.00 bits per heavy atom. The second kappa shape index (κ2) is 10.8. The van der Waals surface area contributed by atoms with Crippen LogP contribution in [0.25, 0.3) is 0 Å². The lowest BCUT2D eigenvalue weighted by atomic mass is 9.92. The van der Waals surface area contributed by atoms with Gasteiger partial charge in [0.25, 0.3) is 0 Å². The van der Waals surface area contributed by atoms with Gasteiger partial charge in [-0.05, 0) is 75.6 Å². The van der Waals surface area contributed by atoms with Crippen LogP contribution in [0, 0.1) is 11.7 Å². The van der Waals surface area contributed by atoms with Gasteiger partial charge in [0.1, 0.15) is 11.6 Å². The zero-order chi connectivity index (χ0) is 24.2. The zero-order valence-corrected chi connectivity index (χ0v) is 20.7. The van der Waals surface area contributed by atoms with Gasteiger partial charge in [0.2, 0.25) is 0 Å².